The molecule has 0 saturated heterocycles. The second-order valence-electron chi connectivity index (χ2n) is 2.57. The Hall–Kier alpha value is -1.46. The Labute approximate surface area is 84.0 Å². The van der Waals surface area contributed by atoms with E-state index in [1.807, 2.05) is 0 Å². The summed E-state index contributed by atoms with van der Waals surface area (Å²) in [5, 5.41) is 0. The molecule has 14 heavy (non-hydrogen) atoms. The van der Waals surface area contributed by atoms with Crippen molar-refractivity contribution in [1.82, 2.24) is 4.98 Å². The summed E-state index contributed by atoms with van der Waals surface area (Å²) in [5.74, 6) is -0.497. The van der Waals surface area contributed by atoms with E-state index in [4.69, 9.17) is 0 Å². The van der Waals surface area contributed by atoms with Crippen LogP contribution in [0.25, 0.3) is 10.2 Å². The molecular formula is C9H7NO3S. The largest absolute Gasteiger partial charge is 0.373 e. The van der Waals surface area contributed by atoms with E-state index in [0.29, 0.717) is 5.56 Å². The van der Waals surface area contributed by atoms with Gasteiger partial charge in [-0.3, -0.25) is 4.89 Å². The van der Waals surface area contributed by atoms with Crippen molar-refractivity contribution in [3.8, 4) is 0 Å². The molecule has 0 atom stereocenters. The number of carbonyl (C=O) groups is 1. The van der Waals surface area contributed by atoms with Crippen molar-refractivity contribution in [1.29, 1.82) is 0 Å². The third-order valence-corrected chi connectivity index (χ3v) is 2.52. The number of fused-ring (bicyclic) bond motifs is 1. The Balaban J connectivity index is 2.38. The van der Waals surface area contributed by atoms with E-state index in [1.165, 1.54) is 18.4 Å². The van der Waals surface area contributed by atoms with E-state index in [2.05, 4.69) is 14.8 Å². The zero-order chi connectivity index (χ0) is 9.97. The van der Waals surface area contributed by atoms with Gasteiger partial charge in [0.05, 0.1) is 28.4 Å². The first-order valence-electron chi connectivity index (χ1n) is 3.89. The van der Waals surface area contributed by atoms with Crippen LogP contribution in [0.3, 0.4) is 0 Å². The standard InChI is InChI=1S/C9H7NO3S/c1-12-13-9(11)6-2-3-7-8(4-6)14-5-10-7/h2-5H,1H3. The molecule has 0 spiro atoms. The van der Waals surface area contributed by atoms with E-state index in [0.717, 1.165) is 10.2 Å². The molecule has 0 saturated carbocycles. The van der Waals surface area contributed by atoms with Crippen molar-refractivity contribution in [2.45, 2.75) is 0 Å². The lowest BCUT2D eigenvalue weighted by molar-refractivity contribution is -0.216. The number of carbonyl (C=O) groups excluding carboxylic acids is 1. The summed E-state index contributed by atoms with van der Waals surface area (Å²) in [6, 6.07) is 5.16. The Bertz CT molecular complexity index is 466. The van der Waals surface area contributed by atoms with Gasteiger partial charge in [0.1, 0.15) is 0 Å². The van der Waals surface area contributed by atoms with Gasteiger partial charge >= 0.3 is 5.97 Å². The van der Waals surface area contributed by atoms with Crippen LogP contribution in [-0.2, 0) is 9.78 Å². The minimum Gasteiger partial charge on any atom is -0.293 e. The van der Waals surface area contributed by atoms with Crippen molar-refractivity contribution in [3.63, 3.8) is 0 Å². The molecule has 0 unspecified atom stereocenters. The molecule has 0 bridgehead atoms. The molecule has 72 valence electrons. The number of nitrogens with zero attached hydrogens (tertiary/aromatic N) is 1. The molecule has 2 rings (SSSR count). The van der Waals surface area contributed by atoms with Crippen LogP contribution in [0.2, 0.25) is 0 Å². The van der Waals surface area contributed by atoms with E-state index in [1.54, 1.807) is 23.7 Å². The Morgan fingerprint density at radius 2 is 2.36 bits per heavy atom. The van der Waals surface area contributed by atoms with Gasteiger partial charge < -0.3 is 0 Å². The average Bonchev–Trinajstić information content (AvgIpc) is 2.64. The van der Waals surface area contributed by atoms with Gasteiger partial charge in [-0.05, 0) is 18.2 Å². The highest BCUT2D eigenvalue weighted by molar-refractivity contribution is 7.16. The fraction of sp³-hybridized carbons (Fsp3) is 0.111. The van der Waals surface area contributed by atoms with E-state index >= 15 is 0 Å². The average molecular weight is 209 g/mol. The van der Waals surface area contributed by atoms with Crippen molar-refractivity contribution in [3.05, 3.63) is 29.3 Å². The van der Waals surface area contributed by atoms with Crippen LogP contribution >= 0.6 is 11.3 Å². The molecule has 0 fully saturated rings. The molecule has 4 nitrogen and oxygen atoms in total. The summed E-state index contributed by atoms with van der Waals surface area (Å²) >= 11 is 1.48. The Kier molecular flexibility index (Phi) is 2.43. The lowest BCUT2D eigenvalue weighted by Gasteiger charge is -1.98. The van der Waals surface area contributed by atoms with E-state index in [-0.39, 0.29) is 0 Å². The minimum atomic E-state index is -0.497. The highest BCUT2D eigenvalue weighted by atomic mass is 32.1. The van der Waals surface area contributed by atoms with Crippen LogP contribution in [0.4, 0.5) is 0 Å². The maximum atomic E-state index is 11.2. The Morgan fingerprint density at radius 3 is 3.14 bits per heavy atom. The molecule has 5 heteroatoms. The summed E-state index contributed by atoms with van der Waals surface area (Å²) < 4.78 is 0.954. The van der Waals surface area contributed by atoms with Crippen LogP contribution in [0.5, 0.6) is 0 Å². The number of benzene rings is 1. The Morgan fingerprint density at radius 1 is 1.50 bits per heavy atom. The molecule has 0 radical (unpaired) electrons. The molecule has 1 aromatic heterocycles. The second kappa shape index (κ2) is 3.73. The SMILES string of the molecule is COOC(=O)c1ccc2ncsc2c1. The van der Waals surface area contributed by atoms with Gasteiger partial charge in [0.15, 0.2) is 0 Å². The van der Waals surface area contributed by atoms with Crippen molar-refractivity contribution >= 4 is 27.5 Å². The summed E-state index contributed by atoms with van der Waals surface area (Å²) in [6.07, 6.45) is 0. The molecule has 1 heterocycles. The lowest BCUT2D eigenvalue weighted by atomic mass is 10.2. The van der Waals surface area contributed by atoms with Gasteiger partial charge in [-0.25, -0.2) is 9.78 Å². The van der Waals surface area contributed by atoms with Crippen LogP contribution < -0.4 is 0 Å². The number of rotatable bonds is 2. The molecule has 0 amide bonds. The van der Waals surface area contributed by atoms with Gasteiger partial charge in [-0.2, -0.15) is 4.89 Å². The zero-order valence-corrected chi connectivity index (χ0v) is 8.21. The number of aromatic nitrogens is 1. The van der Waals surface area contributed by atoms with Crippen LogP contribution in [0, 0.1) is 0 Å². The predicted molar refractivity (Wildman–Crippen MR) is 52.0 cm³/mol. The summed E-state index contributed by atoms with van der Waals surface area (Å²) in [7, 11) is 1.29. The quantitative estimate of drug-likeness (QED) is 0.560. The van der Waals surface area contributed by atoms with Gasteiger partial charge in [0, 0.05) is 0 Å². The monoisotopic (exact) mass is 209 g/mol. The van der Waals surface area contributed by atoms with Gasteiger partial charge in [-0.1, -0.05) is 0 Å². The highest BCUT2D eigenvalue weighted by Crippen LogP contribution is 2.19. The molecule has 0 aliphatic rings. The fourth-order valence-electron chi connectivity index (χ4n) is 1.11. The second-order valence-corrected chi connectivity index (χ2v) is 3.46. The van der Waals surface area contributed by atoms with Gasteiger partial charge in [0.2, 0.25) is 0 Å². The topological polar surface area (TPSA) is 48.4 Å². The molecule has 0 aliphatic carbocycles. The van der Waals surface area contributed by atoms with Crippen LogP contribution in [0.1, 0.15) is 10.4 Å². The van der Waals surface area contributed by atoms with E-state index in [9.17, 15) is 4.79 Å². The fourth-order valence-corrected chi connectivity index (χ4v) is 1.82. The van der Waals surface area contributed by atoms with Gasteiger partial charge in [-0.15, -0.1) is 11.3 Å². The first-order valence-corrected chi connectivity index (χ1v) is 4.77. The summed E-state index contributed by atoms with van der Waals surface area (Å²) in [5.41, 5.74) is 3.07. The normalized spacial score (nSPS) is 10.4. The van der Waals surface area contributed by atoms with Crippen LogP contribution in [0.15, 0.2) is 23.7 Å². The highest BCUT2D eigenvalue weighted by Gasteiger charge is 2.08. The molecular weight excluding hydrogens is 202 g/mol. The number of thiazole rings is 1. The predicted octanol–water partition coefficient (Wildman–Crippen LogP) is 2.01. The maximum Gasteiger partial charge on any atom is 0.373 e. The molecule has 2 aromatic rings. The van der Waals surface area contributed by atoms with E-state index < -0.39 is 5.97 Å². The van der Waals surface area contributed by atoms with Crippen LogP contribution in [-0.4, -0.2) is 18.1 Å². The zero-order valence-electron chi connectivity index (χ0n) is 7.39. The number of hydrogen-bond acceptors (Lipinski definition) is 5. The third kappa shape index (κ3) is 1.59. The third-order valence-electron chi connectivity index (χ3n) is 1.73. The first-order chi connectivity index (χ1) is 6.81. The van der Waals surface area contributed by atoms with Gasteiger partial charge in [0.25, 0.3) is 0 Å². The van der Waals surface area contributed by atoms with Crippen molar-refractivity contribution in [2.24, 2.45) is 0 Å². The minimum absolute atomic E-state index is 0.462. The van der Waals surface area contributed by atoms with Crippen molar-refractivity contribution in [2.75, 3.05) is 7.11 Å². The molecule has 0 aliphatic heterocycles. The number of hydrogen-bond donors (Lipinski definition) is 0. The lowest BCUT2D eigenvalue weighted by Crippen LogP contribution is -2.03. The molecule has 1 aromatic carbocycles. The summed E-state index contributed by atoms with van der Waals surface area (Å²) in [6.45, 7) is 0. The maximum absolute atomic E-state index is 11.2. The summed E-state index contributed by atoms with van der Waals surface area (Å²) in [4.78, 5) is 24.0. The first kappa shape index (κ1) is 9.11. The smallest absolute Gasteiger partial charge is 0.293 e. The van der Waals surface area contributed by atoms with Crippen molar-refractivity contribution < 1.29 is 14.6 Å². The molecule has 0 N–H and O–H groups in total.